The molecule has 2 aromatic carbocycles. The molecule has 0 spiro atoms. The summed E-state index contributed by atoms with van der Waals surface area (Å²) in [5, 5.41) is 3.84. The predicted octanol–water partition coefficient (Wildman–Crippen LogP) is 3.95. The van der Waals surface area contributed by atoms with Crippen molar-refractivity contribution in [3.63, 3.8) is 0 Å². The SMILES string of the molecule is CCc1cccc2ncc3ccccc3c12. The van der Waals surface area contributed by atoms with E-state index in [2.05, 4.69) is 54.4 Å². The van der Waals surface area contributed by atoms with Gasteiger partial charge in [0.05, 0.1) is 5.52 Å². The Morgan fingerprint density at radius 3 is 2.75 bits per heavy atom. The van der Waals surface area contributed by atoms with Gasteiger partial charge in [0.25, 0.3) is 0 Å². The lowest BCUT2D eigenvalue weighted by atomic mass is 10.0. The zero-order valence-electron chi connectivity index (χ0n) is 9.27. The molecule has 0 bridgehead atoms. The van der Waals surface area contributed by atoms with E-state index in [1.165, 1.54) is 21.7 Å². The summed E-state index contributed by atoms with van der Waals surface area (Å²) in [5.41, 5.74) is 2.47. The third-order valence-corrected chi connectivity index (χ3v) is 3.08. The molecule has 1 aromatic heterocycles. The lowest BCUT2D eigenvalue weighted by Crippen LogP contribution is -1.87. The van der Waals surface area contributed by atoms with Gasteiger partial charge in [0.2, 0.25) is 0 Å². The van der Waals surface area contributed by atoms with Crippen molar-refractivity contribution in [1.82, 2.24) is 4.98 Å². The molecule has 3 rings (SSSR count). The molecule has 3 aromatic rings. The number of aryl methyl sites for hydroxylation is 1. The van der Waals surface area contributed by atoms with Crippen LogP contribution in [-0.2, 0) is 6.42 Å². The van der Waals surface area contributed by atoms with Crippen LogP contribution in [-0.4, -0.2) is 4.98 Å². The van der Waals surface area contributed by atoms with Crippen LogP contribution >= 0.6 is 0 Å². The number of fused-ring (bicyclic) bond motifs is 3. The molecule has 0 saturated heterocycles. The fraction of sp³-hybridized carbons (Fsp3) is 0.133. The van der Waals surface area contributed by atoms with Gasteiger partial charge in [-0.05, 0) is 23.4 Å². The van der Waals surface area contributed by atoms with E-state index in [0.717, 1.165) is 11.9 Å². The van der Waals surface area contributed by atoms with Crippen LogP contribution in [0.4, 0.5) is 0 Å². The van der Waals surface area contributed by atoms with Gasteiger partial charge in [-0.25, -0.2) is 0 Å². The highest BCUT2D eigenvalue weighted by molar-refractivity contribution is 6.06. The molecule has 16 heavy (non-hydrogen) atoms. The standard InChI is InChI=1S/C15H13N/c1-2-11-7-5-9-14-15(11)13-8-4-3-6-12(13)10-16-14/h3-10H,2H2,1H3. The minimum atomic E-state index is 1.05. The minimum absolute atomic E-state index is 1.05. The molecule has 0 aliphatic heterocycles. The van der Waals surface area contributed by atoms with Crippen molar-refractivity contribution < 1.29 is 0 Å². The Balaban J connectivity index is 2.57. The van der Waals surface area contributed by atoms with Gasteiger partial charge in [-0.3, -0.25) is 4.98 Å². The molecule has 1 nitrogen and oxygen atoms in total. The average Bonchev–Trinajstić information content (AvgIpc) is 2.37. The summed E-state index contributed by atoms with van der Waals surface area (Å²) in [6.07, 6.45) is 3.00. The lowest BCUT2D eigenvalue weighted by molar-refractivity contribution is 1.16. The first kappa shape index (κ1) is 9.34. The fourth-order valence-corrected chi connectivity index (χ4v) is 2.28. The van der Waals surface area contributed by atoms with Crippen LogP contribution in [0.2, 0.25) is 0 Å². The maximum atomic E-state index is 4.52. The normalized spacial score (nSPS) is 11.1. The summed E-state index contributed by atoms with van der Waals surface area (Å²) < 4.78 is 0. The monoisotopic (exact) mass is 207 g/mol. The van der Waals surface area contributed by atoms with Crippen molar-refractivity contribution in [1.29, 1.82) is 0 Å². The summed E-state index contributed by atoms with van der Waals surface area (Å²) in [6.45, 7) is 2.19. The Bertz CT molecular complexity index is 656. The van der Waals surface area contributed by atoms with E-state index in [-0.39, 0.29) is 0 Å². The molecule has 0 amide bonds. The van der Waals surface area contributed by atoms with Gasteiger partial charge in [0.15, 0.2) is 0 Å². The van der Waals surface area contributed by atoms with Gasteiger partial charge in [-0.2, -0.15) is 0 Å². The van der Waals surface area contributed by atoms with Crippen molar-refractivity contribution in [3.8, 4) is 0 Å². The fourth-order valence-electron chi connectivity index (χ4n) is 2.28. The molecule has 0 aliphatic carbocycles. The van der Waals surface area contributed by atoms with Crippen LogP contribution < -0.4 is 0 Å². The Morgan fingerprint density at radius 2 is 1.88 bits per heavy atom. The quantitative estimate of drug-likeness (QED) is 0.550. The maximum absolute atomic E-state index is 4.52. The highest BCUT2D eigenvalue weighted by Crippen LogP contribution is 2.26. The van der Waals surface area contributed by atoms with E-state index in [4.69, 9.17) is 0 Å². The molecule has 78 valence electrons. The van der Waals surface area contributed by atoms with E-state index < -0.39 is 0 Å². The minimum Gasteiger partial charge on any atom is -0.256 e. The second-order valence-corrected chi connectivity index (χ2v) is 4.01. The molecule has 0 saturated carbocycles. The van der Waals surface area contributed by atoms with Gasteiger partial charge in [-0.15, -0.1) is 0 Å². The van der Waals surface area contributed by atoms with E-state index in [1.54, 1.807) is 0 Å². The largest absolute Gasteiger partial charge is 0.256 e. The van der Waals surface area contributed by atoms with E-state index in [1.807, 2.05) is 6.20 Å². The topological polar surface area (TPSA) is 12.9 Å². The van der Waals surface area contributed by atoms with E-state index in [0.29, 0.717) is 0 Å². The van der Waals surface area contributed by atoms with Gasteiger partial charge in [-0.1, -0.05) is 43.3 Å². The molecule has 0 radical (unpaired) electrons. The van der Waals surface area contributed by atoms with Crippen molar-refractivity contribution in [3.05, 3.63) is 54.2 Å². The summed E-state index contributed by atoms with van der Waals surface area (Å²) in [7, 11) is 0. The first-order valence-electron chi connectivity index (χ1n) is 5.65. The van der Waals surface area contributed by atoms with Crippen LogP contribution in [0.5, 0.6) is 0 Å². The molecular weight excluding hydrogens is 194 g/mol. The van der Waals surface area contributed by atoms with Crippen LogP contribution in [0.25, 0.3) is 21.7 Å². The third kappa shape index (κ3) is 1.28. The molecule has 0 unspecified atom stereocenters. The second kappa shape index (κ2) is 3.60. The number of aromatic nitrogens is 1. The van der Waals surface area contributed by atoms with Crippen LogP contribution in [0.3, 0.4) is 0 Å². The summed E-state index contributed by atoms with van der Waals surface area (Å²) in [5.74, 6) is 0. The smallest absolute Gasteiger partial charge is 0.0711 e. The Kier molecular flexibility index (Phi) is 2.10. The predicted molar refractivity (Wildman–Crippen MR) is 68.6 cm³/mol. The van der Waals surface area contributed by atoms with Gasteiger partial charge < -0.3 is 0 Å². The molecular formula is C15H13N. The molecule has 0 aliphatic rings. The van der Waals surface area contributed by atoms with Crippen molar-refractivity contribution in [2.75, 3.05) is 0 Å². The summed E-state index contributed by atoms with van der Waals surface area (Å²) in [6, 6.07) is 14.8. The number of nitrogens with zero attached hydrogens (tertiary/aromatic N) is 1. The van der Waals surface area contributed by atoms with E-state index >= 15 is 0 Å². The van der Waals surface area contributed by atoms with Crippen LogP contribution in [0.15, 0.2) is 48.7 Å². The lowest BCUT2D eigenvalue weighted by Gasteiger charge is -2.07. The molecule has 0 N–H and O–H groups in total. The van der Waals surface area contributed by atoms with Crippen LogP contribution in [0.1, 0.15) is 12.5 Å². The second-order valence-electron chi connectivity index (χ2n) is 4.01. The number of hydrogen-bond acceptors (Lipinski definition) is 1. The number of hydrogen-bond donors (Lipinski definition) is 0. The van der Waals surface area contributed by atoms with Crippen molar-refractivity contribution in [2.45, 2.75) is 13.3 Å². The zero-order valence-corrected chi connectivity index (χ0v) is 9.27. The van der Waals surface area contributed by atoms with Crippen molar-refractivity contribution in [2.24, 2.45) is 0 Å². The Morgan fingerprint density at radius 1 is 1.00 bits per heavy atom. The average molecular weight is 207 g/mol. The summed E-state index contributed by atoms with van der Waals surface area (Å²) >= 11 is 0. The van der Waals surface area contributed by atoms with Gasteiger partial charge >= 0.3 is 0 Å². The van der Waals surface area contributed by atoms with Crippen molar-refractivity contribution >= 4 is 21.7 Å². The Labute approximate surface area is 94.7 Å². The van der Waals surface area contributed by atoms with E-state index in [9.17, 15) is 0 Å². The highest BCUT2D eigenvalue weighted by atomic mass is 14.6. The third-order valence-electron chi connectivity index (χ3n) is 3.08. The number of pyridine rings is 1. The van der Waals surface area contributed by atoms with Gasteiger partial charge in [0.1, 0.15) is 0 Å². The molecule has 0 atom stereocenters. The molecule has 1 heteroatoms. The Hall–Kier alpha value is -1.89. The highest BCUT2D eigenvalue weighted by Gasteiger charge is 2.04. The number of rotatable bonds is 1. The summed E-state index contributed by atoms with van der Waals surface area (Å²) in [4.78, 5) is 4.52. The van der Waals surface area contributed by atoms with Crippen LogP contribution in [0, 0.1) is 0 Å². The first-order valence-corrected chi connectivity index (χ1v) is 5.65. The molecule has 1 heterocycles. The van der Waals surface area contributed by atoms with Gasteiger partial charge in [0, 0.05) is 17.0 Å². The number of benzene rings is 2. The molecule has 0 fully saturated rings. The zero-order chi connectivity index (χ0) is 11.0. The maximum Gasteiger partial charge on any atom is 0.0711 e. The first-order chi connectivity index (χ1) is 7.90.